The number of rotatable bonds is 83. The number of aliphatic hydroxyl groups is 1. The van der Waals surface area contributed by atoms with Crippen LogP contribution in [0.4, 0.5) is 0 Å². The molecule has 0 spiro atoms. The molecule has 0 fully saturated rings. The maximum atomic E-state index is 13.1. The normalized spacial score (nSPS) is 13.9. The summed E-state index contributed by atoms with van der Waals surface area (Å²) in [5.41, 5.74) is 0. The minimum absolute atomic E-state index is 0.0857. The molecule has 3 N–H and O–H groups in total. The molecular formula is C84H160O17P2. The van der Waals surface area contributed by atoms with Crippen LogP contribution in [0.15, 0.2) is 24.3 Å². The Balaban J connectivity index is 5.22. The largest absolute Gasteiger partial charge is 0.472 e. The SMILES string of the molecule is CCCCCC/C=C\C=C/CCCCCCCC(=O)O[C@H](COC(=O)CCCCCCCCCCC)COP(=O)(O)OC[C@H](O)COP(=O)(O)OC[C@@H](COC(=O)CCCCCCCCCCCCCCCCCCC)OC(=O)CCCCCCCCCCCCCCCCCCCCCCCC. The van der Waals surface area contributed by atoms with E-state index in [1.54, 1.807) is 0 Å². The Hall–Kier alpha value is -2.46. The summed E-state index contributed by atoms with van der Waals surface area (Å²) in [5, 5.41) is 10.6. The number of unbranched alkanes of at least 4 members (excludes halogenated alkanes) is 54. The quantitative estimate of drug-likeness (QED) is 0.0169. The summed E-state index contributed by atoms with van der Waals surface area (Å²) in [4.78, 5) is 73.0. The molecule has 5 atom stereocenters. The molecule has 0 aromatic rings. The minimum Gasteiger partial charge on any atom is -0.462 e. The summed E-state index contributed by atoms with van der Waals surface area (Å²) in [6, 6.07) is 0. The van der Waals surface area contributed by atoms with Gasteiger partial charge >= 0.3 is 39.5 Å². The molecule has 0 saturated carbocycles. The third-order valence-corrected chi connectivity index (χ3v) is 21.1. The highest BCUT2D eigenvalue weighted by atomic mass is 31.2. The summed E-state index contributed by atoms with van der Waals surface area (Å²) in [6.45, 7) is 4.95. The Morgan fingerprint density at radius 2 is 0.466 bits per heavy atom. The molecule has 0 heterocycles. The van der Waals surface area contributed by atoms with Gasteiger partial charge in [-0.15, -0.1) is 0 Å². The summed E-state index contributed by atoms with van der Waals surface area (Å²) < 4.78 is 68.7. The van der Waals surface area contributed by atoms with E-state index >= 15 is 0 Å². The van der Waals surface area contributed by atoms with Crippen LogP contribution in [0.5, 0.6) is 0 Å². The molecule has 0 rings (SSSR count). The fourth-order valence-corrected chi connectivity index (χ4v) is 14.2. The monoisotopic (exact) mass is 1500 g/mol. The second kappa shape index (κ2) is 77.7. The van der Waals surface area contributed by atoms with Crippen LogP contribution in [0.1, 0.15) is 432 Å². The van der Waals surface area contributed by atoms with Gasteiger partial charge in [-0.25, -0.2) is 9.13 Å². The number of hydrogen-bond acceptors (Lipinski definition) is 15. The Labute approximate surface area is 631 Å². The Morgan fingerprint density at radius 1 is 0.272 bits per heavy atom. The average molecular weight is 1500 g/mol. The molecule has 2 unspecified atom stereocenters. The van der Waals surface area contributed by atoms with Gasteiger partial charge in [0.15, 0.2) is 12.2 Å². The van der Waals surface area contributed by atoms with Gasteiger partial charge in [-0.3, -0.25) is 37.3 Å². The third kappa shape index (κ3) is 77.5. The Kier molecular flexibility index (Phi) is 75.8. The molecular weight excluding hydrogens is 1340 g/mol. The highest BCUT2D eigenvalue weighted by Crippen LogP contribution is 2.45. The van der Waals surface area contributed by atoms with Gasteiger partial charge in [0.25, 0.3) is 0 Å². The van der Waals surface area contributed by atoms with E-state index in [0.29, 0.717) is 25.7 Å². The van der Waals surface area contributed by atoms with E-state index in [9.17, 15) is 43.2 Å². The van der Waals surface area contributed by atoms with Crippen molar-refractivity contribution >= 4 is 39.5 Å². The maximum Gasteiger partial charge on any atom is 0.472 e. The van der Waals surface area contributed by atoms with Gasteiger partial charge < -0.3 is 33.8 Å². The van der Waals surface area contributed by atoms with E-state index in [2.05, 4.69) is 52.0 Å². The molecule has 0 aliphatic carbocycles. The molecule has 0 aliphatic heterocycles. The summed E-state index contributed by atoms with van der Waals surface area (Å²) in [5.74, 6) is -2.13. The average Bonchev–Trinajstić information content (AvgIpc) is 0.915. The number of ether oxygens (including phenoxy) is 4. The molecule has 0 amide bonds. The van der Waals surface area contributed by atoms with Crippen LogP contribution in [-0.2, 0) is 65.4 Å². The molecule has 0 aliphatic rings. The zero-order valence-corrected chi connectivity index (χ0v) is 68.6. The number of phosphoric ester groups is 2. The zero-order valence-electron chi connectivity index (χ0n) is 66.8. The first kappa shape index (κ1) is 101. The molecule has 608 valence electrons. The number of carbonyl (C=O) groups is 4. The van der Waals surface area contributed by atoms with Crippen LogP contribution in [0.3, 0.4) is 0 Å². The van der Waals surface area contributed by atoms with Crippen molar-refractivity contribution in [1.82, 2.24) is 0 Å². The maximum absolute atomic E-state index is 13.1. The van der Waals surface area contributed by atoms with Gasteiger partial charge in [0.1, 0.15) is 19.3 Å². The topological polar surface area (TPSA) is 237 Å². The molecule has 0 bridgehead atoms. The summed E-state index contributed by atoms with van der Waals surface area (Å²) >= 11 is 0. The van der Waals surface area contributed by atoms with Gasteiger partial charge in [0.2, 0.25) is 0 Å². The summed E-state index contributed by atoms with van der Waals surface area (Å²) in [6.07, 6.45) is 74.5. The number of phosphoric acid groups is 2. The van der Waals surface area contributed by atoms with Gasteiger partial charge in [-0.1, -0.05) is 379 Å². The van der Waals surface area contributed by atoms with E-state index in [4.69, 9.17) is 37.0 Å². The van der Waals surface area contributed by atoms with Crippen LogP contribution in [0.25, 0.3) is 0 Å². The molecule has 0 radical (unpaired) electrons. The van der Waals surface area contributed by atoms with Crippen LogP contribution in [0.2, 0.25) is 0 Å². The van der Waals surface area contributed by atoms with Crippen molar-refractivity contribution in [3.05, 3.63) is 24.3 Å². The van der Waals surface area contributed by atoms with Gasteiger partial charge in [-0.2, -0.15) is 0 Å². The molecule has 103 heavy (non-hydrogen) atoms. The van der Waals surface area contributed by atoms with Crippen LogP contribution in [0, 0.1) is 0 Å². The second-order valence-corrected chi connectivity index (χ2v) is 32.4. The fourth-order valence-electron chi connectivity index (χ4n) is 12.6. The third-order valence-electron chi connectivity index (χ3n) is 19.2. The van der Waals surface area contributed by atoms with E-state index < -0.39 is 97.5 Å². The van der Waals surface area contributed by atoms with Crippen molar-refractivity contribution in [2.24, 2.45) is 0 Å². The Bertz CT molecular complexity index is 2040. The van der Waals surface area contributed by atoms with Crippen molar-refractivity contribution in [1.29, 1.82) is 0 Å². The number of allylic oxidation sites excluding steroid dienone is 4. The predicted molar refractivity (Wildman–Crippen MR) is 423 cm³/mol. The van der Waals surface area contributed by atoms with E-state index in [-0.39, 0.29) is 25.7 Å². The molecule has 0 saturated heterocycles. The van der Waals surface area contributed by atoms with Crippen molar-refractivity contribution < 1.29 is 80.2 Å². The van der Waals surface area contributed by atoms with Gasteiger partial charge in [-0.05, 0) is 51.4 Å². The second-order valence-electron chi connectivity index (χ2n) is 29.5. The number of aliphatic hydroxyl groups excluding tert-OH is 1. The standard InChI is InChI=1S/C84H160O17P2/c1-5-9-13-17-21-25-28-31-34-36-37-38-39-40-42-45-48-51-55-59-63-67-71-84(89)101-80(75-95-82(87)69-65-61-57-53-49-46-44-41-35-32-29-26-22-18-14-10-6-2)77-99-103(92,93)97-73-78(85)72-96-102(90,91)98-76-79(74-94-81(86)68-64-60-56-52-24-20-16-12-8-4)100-83(88)70-66-62-58-54-50-47-43-33-30-27-23-19-15-11-7-3/h27,30,33,43,78-80,85H,5-26,28-29,31-32,34-42,44-77H2,1-4H3,(H,90,91)(H,92,93)/b30-27-,43-33-/t78-,79+,80+/m0/s1. The van der Waals surface area contributed by atoms with E-state index in [1.807, 2.05) is 0 Å². The van der Waals surface area contributed by atoms with Crippen LogP contribution < -0.4 is 0 Å². The lowest BCUT2D eigenvalue weighted by Gasteiger charge is -2.21. The fraction of sp³-hybridized carbons (Fsp3) is 0.905. The number of hydrogen-bond donors (Lipinski definition) is 3. The van der Waals surface area contributed by atoms with Gasteiger partial charge in [0, 0.05) is 25.7 Å². The number of esters is 4. The zero-order chi connectivity index (χ0) is 75.3. The highest BCUT2D eigenvalue weighted by molar-refractivity contribution is 7.47. The smallest absolute Gasteiger partial charge is 0.462 e. The molecule has 17 nitrogen and oxygen atoms in total. The lowest BCUT2D eigenvalue weighted by molar-refractivity contribution is -0.161. The first-order chi connectivity index (χ1) is 50.2. The summed E-state index contributed by atoms with van der Waals surface area (Å²) in [7, 11) is -9.93. The Morgan fingerprint density at radius 3 is 0.709 bits per heavy atom. The van der Waals surface area contributed by atoms with Crippen molar-refractivity contribution in [2.45, 2.75) is 451 Å². The molecule has 0 aromatic heterocycles. The van der Waals surface area contributed by atoms with Crippen LogP contribution >= 0.6 is 15.6 Å². The van der Waals surface area contributed by atoms with Gasteiger partial charge in [0.05, 0.1) is 26.4 Å². The van der Waals surface area contributed by atoms with Crippen LogP contribution in [-0.4, -0.2) is 96.7 Å². The highest BCUT2D eigenvalue weighted by Gasteiger charge is 2.30. The van der Waals surface area contributed by atoms with E-state index in [0.717, 1.165) is 103 Å². The lowest BCUT2D eigenvalue weighted by atomic mass is 10.0. The number of carbonyl (C=O) groups excluding carboxylic acids is 4. The van der Waals surface area contributed by atoms with Crippen molar-refractivity contribution in [3.8, 4) is 0 Å². The predicted octanol–water partition coefficient (Wildman–Crippen LogP) is 25.3. The first-order valence-corrected chi connectivity index (χ1v) is 46.1. The van der Waals surface area contributed by atoms with Crippen molar-refractivity contribution in [2.75, 3.05) is 39.6 Å². The lowest BCUT2D eigenvalue weighted by Crippen LogP contribution is -2.30. The first-order valence-electron chi connectivity index (χ1n) is 43.1. The minimum atomic E-state index is -4.97. The van der Waals surface area contributed by atoms with E-state index in [1.165, 1.54) is 250 Å². The molecule has 0 aromatic carbocycles. The molecule has 19 heteroatoms. The van der Waals surface area contributed by atoms with Crippen molar-refractivity contribution in [3.63, 3.8) is 0 Å².